The number of hydrazine groups is 1. The topological polar surface area (TPSA) is 73.4 Å². The van der Waals surface area contributed by atoms with E-state index < -0.39 is 5.97 Å². The average molecular weight is 319 g/mol. The second kappa shape index (κ2) is 7.37. The Labute approximate surface area is 132 Å². The zero-order chi connectivity index (χ0) is 15.9. The highest BCUT2D eigenvalue weighted by atomic mass is 32.1. The Morgan fingerprint density at radius 1 is 1.09 bits per heavy atom. The number of carboxylic acids is 1. The first-order valence-electron chi connectivity index (χ1n) is 6.42. The summed E-state index contributed by atoms with van der Waals surface area (Å²) in [6.07, 6.45) is 0. The third-order valence-electron chi connectivity index (χ3n) is 2.82. The number of benzene rings is 2. The second-order valence-electron chi connectivity index (χ2n) is 4.44. The summed E-state index contributed by atoms with van der Waals surface area (Å²) in [6.45, 7) is 0.464. The Kier molecular flexibility index (Phi) is 5.26. The lowest BCUT2D eigenvalue weighted by Crippen LogP contribution is -2.38. The van der Waals surface area contributed by atoms with Crippen LogP contribution in [0.25, 0.3) is 0 Å². The monoisotopic (exact) mass is 319 g/mol. The molecular weight excluding hydrogens is 305 g/mol. The largest absolute Gasteiger partial charge is 0.478 e. The van der Waals surface area contributed by atoms with Crippen LogP contribution in [0.4, 0.5) is 10.1 Å². The smallest absolute Gasteiger partial charge is 0.335 e. The van der Waals surface area contributed by atoms with Gasteiger partial charge in [0, 0.05) is 6.54 Å². The Bertz CT molecular complexity index is 659. The number of hydrogen-bond acceptors (Lipinski definition) is 3. The number of rotatable bonds is 5. The van der Waals surface area contributed by atoms with Crippen LogP contribution in [0.5, 0.6) is 0 Å². The third-order valence-corrected chi connectivity index (χ3v) is 3.06. The normalized spacial score (nSPS) is 9.86. The van der Waals surface area contributed by atoms with Crippen molar-refractivity contribution in [1.82, 2.24) is 10.7 Å². The fourth-order valence-electron chi connectivity index (χ4n) is 1.65. The molecule has 114 valence electrons. The summed E-state index contributed by atoms with van der Waals surface area (Å²) >= 11 is 5.09. The van der Waals surface area contributed by atoms with E-state index in [1.54, 1.807) is 24.3 Å². The van der Waals surface area contributed by atoms with Gasteiger partial charge in [-0.05, 0) is 54.2 Å². The predicted molar refractivity (Wildman–Crippen MR) is 86.0 cm³/mol. The minimum atomic E-state index is -0.976. The molecule has 0 saturated heterocycles. The van der Waals surface area contributed by atoms with E-state index in [0.717, 1.165) is 5.56 Å². The van der Waals surface area contributed by atoms with Gasteiger partial charge in [-0.25, -0.2) is 9.18 Å². The molecule has 0 spiro atoms. The maximum atomic E-state index is 12.8. The SMILES string of the molecule is O=C(O)c1ccc(NNC(=S)NCc2ccc(F)cc2)cc1. The lowest BCUT2D eigenvalue weighted by molar-refractivity contribution is 0.0697. The van der Waals surface area contributed by atoms with Crippen molar-refractivity contribution in [1.29, 1.82) is 0 Å². The molecule has 0 radical (unpaired) electrons. The van der Waals surface area contributed by atoms with Crippen LogP contribution in [0.1, 0.15) is 15.9 Å². The van der Waals surface area contributed by atoms with Crippen molar-refractivity contribution in [3.63, 3.8) is 0 Å². The van der Waals surface area contributed by atoms with Gasteiger partial charge in [0.15, 0.2) is 5.11 Å². The van der Waals surface area contributed by atoms with E-state index in [-0.39, 0.29) is 11.4 Å². The number of thiocarbonyl (C=S) groups is 1. The summed E-state index contributed by atoms with van der Waals surface area (Å²) in [7, 11) is 0. The van der Waals surface area contributed by atoms with Crippen molar-refractivity contribution < 1.29 is 14.3 Å². The lowest BCUT2D eigenvalue weighted by atomic mass is 10.2. The van der Waals surface area contributed by atoms with Crippen LogP contribution >= 0.6 is 12.2 Å². The molecule has 7 heteroatoms. The van der Waals surface area contributed by atoms with Crippen molar-refractivity contribution in [3.8, 4) is 0 Å². The highest BCUT2D eigenvalue weighted by molar-refractivity contribution is 7.80. The molecule has 22 heavy (non-hydrogen) atoms. The molecule has 2 rings (SSSR count). The Hall–Kier alpha value is -2.67. The van der Waals surface area contributed by atoms with E-state index in [4.69, 9.17) is 17.3 Å². The molecular formula is C15H14FN3O2S. The van der Waals surface area contributed by atoms with Crippen LogP contribution in [0.15, 0.2) is 48.5 Å². The van der Waals surface area contributed by atoms with Crippen LogP contribution in [0.3, 0.4) is 0 Å². The summed E-state index contributed by atoms with van der Waals surface area (Å²) < 4.78 is 12.8. The number of carbonyl (C=O) groups is 1. The Morgan fingerprint density at radius 3 is 2.32 bits per heavy atom. The number of aromatic carboxylic acids is 1. The molecule has 2 aromatic carbocycles. The van der Waals surface area contributed by atoms with Gasteiger partial charge >= 0.3 is 5.97 Å². The summed E-state index contributed by atoms with van der Waals surface area (Å²) in [5.74, 6) is -1.26. The number of halogens is 1. The quantitative estimate of drug-likeness (QED) is 0.501. The van der Waals surface area contributed by atoms with Crippen molar-refractivity contribution >= 4 is 29.0 Å². The molecule has 4 N–H and O–H groups in total. The molecule has 0 saturated carbocycles. The average Bonchev–Trinajstić information content (AvgIpc) is 2.52. The van der Waals surface area contributed by atoms with Crippen molar-refractivity contribution in [3.05, 3.63) is 65.5 Å². The first-order valence-corrected chi connectivity index (χ1v) is 6.83. The molecule has 0 bridgehead atoms. The third kappa shape index (κ3) is 4.71. The molecule has 0 unspecified atom stereocenters. The zero-order valence-corrected chi connectivity index (χ0v) is 12.3. The van der Waals surface area contributed by atoms with E-state index >= 15 is 0 Å². The first kappa shape index (κ1) is 15.7. The van der Waals surface area contributed by atoms with Crippen LogP contribution in [-0.4, -0.2) is 16.2 Å². The molecule has 0 aromatic heterocycles. The molecule has 0 fully saturated rings. The van der Waals surface area contributed by atoms with Gasteiger partial charge in [-0.15, -0.1) is 0 Å². The first-order chi connectivity index (χ1) is 10.5. The van der Waals surface area contributed by atoms with E-state index in [2.05, 4.69) is 16.2 Å². The van der Waals surface area contributed by atoms with Gasteiger partial charge < -0.3 is 10.4 Å². The van der Waals surface area contributed by atoms with Gasteiger partial charge in [0.05, 0.1) is 11.3 Å². The molecule has 2 aromatic rings. The van der Waals surface area contributed by atoms with E-state index in [9.17, 15) is 9.18 Å². The summed E-state index contributed by atoms with van der Waals surface area (Å²) in [4.78, 5) is 10.7. The number of nitrogens with one attached hydrogen (secondary N) is 3. The minimum absolute atomic E-state index is 0.211. The zero-order valence-electron chi connectivity index (χ0n) is 11.5. The molecule has 0 amide bonds. The summed E-state index contributed by atoms with van der Waals surface area (Å²) in [5.41, 5.74) is 7.41. The maximum absolute atomic E-state index is 12.8. The highest BCUT2D eigenvalue weighted by Crippen LogP contribution is 2.08. The Morgan fingerprint density at radius 2 is 1.73 bits per heavy atom. The van der Waals surface area contributed by atoms with E-state index in [1.165, 1.54) is 24.3 Å². The predicted octanol–water partition coefficient (Wildman–Crippen LogP) is 2.52. The van der Waals surface area contributed by atoms with Gasteiger partial charge in [-0.2, -0.15) is 0 Å². The van der Waals surface area contributed by atoms with Crippen LogP contribution in [0, 0.1) is 5.82 Å². The fourth-order valence-corrected chi connectivity index (χ4v) is 1.78. The maximum Gasteiger partial charge on any atom is 0.335 e. The molecule has 0 aliphatic rings. The van der Waals surface area contributed by atoms with Crippen molar-refractivity contribution in [2.75, 3.05) is 5.43 Å². The van der Waals surface area contributed by atoms with Gasteiger partial charge in [0.25, 0.3) is 0 Å². The molecule has 5 nitrogen and oxygen atoms in total. The molecule has 0 atom stereocenters. The van der Waals surface area contributed by atoms with E-state index in [1.807, 2.05) is 0 Å². The van der Waals surface area contributed by atoms with Gasteiger partial charge in [-0.3, -0.25) is 10.9 Å². The minimum Gasteiger partial charge on any atom is -0.478 e. The fraction of sp³-hybridized carbons (Fsp3) is 0.0667. The van der Waals surface area contributed by atoms with E-state index in [0.29, 0.717) is 17.3 Å². The van der Waals surface area contributed by atoms with Crippen LogP contribution in [-0.2, 0) is 6.54 Å². The van der Waals surface area contributed by atoms with Crippen molar-refractivity contribution in [2.24, 2.45) is 0 Å². The number of anilines is 1. The molecule has 0 aliphatic heterocycles. The molecule has 0 heterocycles. The standard InChI is InChI=1S/C15H14FN3O2S/c16-12-5-1-10(2-6-12)9-17-15(22)19-18-13-7-3-11(4-8-13)14(20)21/h1-8,18H,9H2,(H,20,21)(H2,17,19,22). The van der Waals surface area contributed by atoms with Crippen LogP contribution < -0.4 is 16.2 Å². The molecule has 0 aliphatic carbocycles. The second-order valence-corrected chi connectivity index (χ2v) is 4.85. The highest BCUT2D eigenvalue weighted by Gasteiger charge is 2.02. The summed E-state index contributed by atoms with van der Waals surface area (Å²) in [6, 6.07) is 12.3. The number of hydrogen-bond donors (Lipinski definition) is 4. The van der Waals surface area contributed by atoms with Crippen LogP contribution in [0.2, 0.25) is 0 Å². The van der Waals surface area contributed by atoms with Gasteiger partial charge in [0.2, 0.25) is 0 Å². The van der Waals surface area contributed by atoms with Crippen molar-refractivity contribution in [2.45, 2.75) is 6.54 Å². The summed E-state index contributed by atoms with van der Waals surface area (Å²) in [5, 5.41) is 12.1. The van der Waals surface area contributed by atoms with Gasteiger partial charge in [0.1, 0.15) is 5.82 Å². The Balaban J connectivity index is 1.77. The number of carboxylic acid groups (broad SMARTS) is 1. The van der Waals surface area contributed by atoms with Gasteiger partial charge in [-0.1, -0.05) is 12.1 Å². The lowest BCUT2D eigenvalue weighted by Gasteiger charge is -2.12.